The summed E-state index contributed by atoms with van der Waals surface area (Å²) in [5.41, 5.74) is 0.167. The van der Waals surface area contributed by atoms with Crippen LogP contribution >= 0.6 is 0 Å². The van der Waals surface area contributed by atoms with Crippen molar-refractivity contribution >= 4 is 11.9 Å². The second kappa shape index (κ2) is 7.30. The Morgan fingerprint density at radius 1 is 1.06 bits per heavy atom. The summed E-state index contributed by atoms with van der Waals surface area (Å²) in [7, 11) is 2.58. The van der Waals surface area contributed by atoms with Crippen LogP contribution in [0, 0.1) is 11.3 Å². The molecule has 0 saturated heterocycles. The largest absolute Gasteiger partial charge is 0.468 e. The summed E-state index contributed by atoms with van der Waals surface area (Å²) in [5.74, 6) is -1.81. The molecule has 4 heteroatoms. The lowest BCUT2D eigenvalue weighted by molar-refractivity contribution is -0.159. The zero-order valence-corrected chi connectivity index (χ0v) is 11.5. The van der Waals surface area contributed by atoms with Gasteiger partial charge in [-0.1, -0.05) is 33.6 Å². The standard InChI is InChI=1S/C13H24O4/c1-6-13(3,7-2)9-8-10(11(14)16-4)12(15)17-5/h10H,6-9H2,1-5H3. The van der Waals surface area contributed by atoms with Gasteiger partial charge in [0.05, 0.1) is 14.2 Å². The molecule has 0 fully saturated rings. The normalized spacial score (nSPS) is 11.4. The van der Waals surface area contributed by atoms with E-state index in [1.807, 2.05) is 0 Å². The summed E-state index contributed by atoms with van der Waals surface area (Å²) in [6, 6.07) is 0. The molecule has 4 nitrogen and oxygen atoms in total. The first-order valence-corrected chi connectivity index (χ1v) is 6.09. The van der Waals surface area contributed by atoms with Gasteiger partial charge in [0.1, 0.15) is 0 Å². The summed E-state index contributed by atoms with van der Waals surface area (Å²) in [6.07, 6.45) is 3.35. The minimum atomic E-state index is -0.789. The van der Waals surface area contributed by atoms with Gasteiger partial charge >= 0.3 is 11.9 Å². The molecule has 0 saturated carbocycles. The molecular weight excluding hydrogens is 220 g/mol. The lowest BCUT2D eigenvalue weighted by atomic mass is 9.78. The van der Waals surface area contributed by atoms with Crippen molar-refractivity contribution in [2.24, 2.45) is 11.3 Å². The molecule has 0 aromatic rings. The van der Waals surface area contributed by atoms with E-state index < -0.39 is 17.9 Å². The molecule has 0 amide bonds. The molecule has 0 atom stereocenters. The van der Waals surface area contributed by atoms with E-state index in [0.717, 1.165) is 19.3 Å². The third-order valence-corrected chi connectivity index (χ3v) is 3.72. The van der Waals surface area contributed by atoms with Crippen LogP contribution in [0.15, 0.2) is 0 Å². The Morgan fingerprint density at radius 2 is 1.47 bits per heavy atom. The van der Waals surface area contributed by atoms with Crippen molar-refractivity contribution in [3.8, 4) is 0 Å². The van der Waals surface area contributed by atoms with Gasteiger partial charge in [-0.25, -0.2) is 0 Å². The highest BCUT2D eigenvalue weighted by molar-refractivity contribution is 5.94. The fraction of sp³-hybridized carbons (Fsp3) is 0.846. The van der Waals surface area contributed by atoms with Gasteiger partial charge in [0, 0.05) is 0 Å². The van der Waals surface area contributed by atoms with Crippen molar-refractivity contribution in [2.45, 2.75) is 46.5 Å². The van der Waals surface area contributed by atoms with Crippen LogP contribution in [0.5, 0.6) is 0 Å². The van der Waals surface area contributed by atoms with Crippen LogP contribution in [-0.4, -0.2) is 26.2 Å². The first-order valence-electron chi connectivity index (χ1n) is 6.09. The predicted octanol–water partition coefficient (Wildman–Crippen LogP) is 2.56. The summed E-state index contributed by atoms with van der Waals surface area (Å²) in [6.45, 7) is 6.40. The SMILES string of the molecule is CCC(C)(CC)CCC(C(=O)OC)C(=O)OC. The Labute approximate surface area is 104 Å². The maximum Gasteiger partial charge on any atom is 0.320 e. The number of esters is 2. The zero-order valence-electron chi connectivity index (χ0n) is 11.5. The molecule has 0 aromatic carbocycles. The molecule has 0 unspecified atom stereocenters. The van der Waals surface area contributed by atoms with E-state index in [1.165, 1.54) is 14.2 Å². The van der Waals surface area contributed by atoms with Crippen LogP contribution < -0.4 is 0 Å². The van der Waals surface area contributed by atoms with Crippen LogP contribution in [0.2, 0.25) is 0 Å². The van der Waals surface area contributed by atoms with Gasteiger partial charge in [0.2, 0.25) is 0 Å². The number of carbonyl (C=O) groups is 2. The fourth-order valence-corrected chi connectivity index (χ4v) is 1.71. The minimum Gasteiger partial charge on any atom is -0.468 e. The number of hydrogen-bond donors (Lipinski definition) is 0. The number of ether oxygens (including phenoxy) is 2. The number of carbonyl (C=O) groups excluding carboxylic acids is 2. The highest BCUT2D eigenvalue weighted by atomic mass is 16.5. The number of rotatable bonds is 7. The van der Waals surface area contributed by atoms with Gasteiger partial charge in [-0.3, -0.25) is 9.59 Å². The summed E-state index contributed by atoms with van der Waals surface area (Å²) < 4.78 is 9.26. The molecule has 0 aromatic heterocycles. The molecule has 0 N–H and O–H groups in total. The molecule has 0 bridgehead atoms. The first-order chi connectivity index (χ1) is 7.94. The van der Waals surface area contributed by atoms with Gasteiger partial charge < -0.3 is 9.47 Å². The van der Waals surface area contributed by atoms with Crippen molar-refractivity contribution in [1.29, 1.82) is 0 Å². The molecule has 100 valence electrons. The Bertz CT molecular complexity index is 240. The van der Waals surface area contributed by atoms with Gasteiger partial charge in [-0.05, 0) is 18.3 Å². The van der Waals surface area contributed by atoms with Gasteiger partial charge in [-0.2, -0.15) is 0 Å². The molecule has 0 aliphatic rings. The van der Waals surface area contributed by atoms with E-state index >= 15 is 0 Å². The molecule has 0 aliphatic heterocycles. The zero-order chi connectivity index (χ0) is 13.5. The molecule has 0 aliphatic carbocycles. The molecule has 0 rings (SSSR count). The predicted molar refractivity (Wildman–Crippen MR) is 65.4 cm³/mol. The minimum absolute atomic E-state index is 0.167. The van der Waals surface area contributed by atoms with Crippen LogP contribution in [0.25, 0.3) is 0 Å². The summed E-state index contributed by atoms with van der Waals surface area (Å²) >= 11 is 0. The van der Waals surface area contributed by atoms with E-state index in [4.69, 9.17) is 0 Å². The molecular formula is C13H24O4. The van der Waals surface area contributed by atoms with Crippen LogP contribution in [0.4, 0.5) is 0 Å². The first kappa shape index (κ1) is 15.9. The van der Waals surface area contributed by atoms with E-state index in [2.05, 4.69) is 30.2 Å². The van der Waals surface area contributed by atoms with Crippen molar-refractivity contribution < 1.29 is 19.1 Å². The fourth-order valence-electron chi connectivity index (χ4n) is 1.71. The molecule has 17 heavy (non-hydrogen) atoms. The Balaban J connectivity index is 4.55. The van der Waals surface area contributed by atoms with Crippen LogP contribution in [0.3, 0.4) is 0 Å². The van der Waals surface area contributed by atoms with Crippen molar-refractivity contribution in [3.05, 3.63) is 0 Å². The lowest BCUT2D eigenvalue weighted by Crippen LogP contribution is -2.28. The third-order valence-electron chi connectivity index (χ3n) is 3.72. The van der Waals surface area contributed by atoms with Crippen molar-refractivity contribution in [3.63, 3.8) is 0 Å². The summed E-state index contributed by atoms with van der Waals surface area (Å²) in [4.78, 5) is 23.0. The Morgan fingerprint density at radius 3 is 1.76 bits per heavy atom. The van der Waals surface area contributed by atoms with Crippen LogP contribution in [0.1, 0.15) is 46.5 Å². The van der Waals surface area contributed by atoms with Crippen molar-refractivity contribution in [2.75, 3.05) is 14.2 Å². The van der Waals surface area contributed by atoms with E-state index in [-0.39, 0.29) is 5.41 Å². The monoisotopic (exact) mass is 244 g/mol. The van der Waals surface area contributed by atoms with Gasteiger partial charge in [-0.15, -0.1) is 0 Å². The average Bonchev–Trinajstić information content (AvgIpc) is 2.37. The highest BCUT2D eigenvalue weighted by Crippen LogP contribution is 2.32. The van der Waals surface area contributed by atoms with E-state index in [1.54, 1.807) is 0 Å². The molecule has 0 radical (unpaired) electrons. The highest BCUT2D eigenvalue weighted by Gasteiger charge is 2.31. The maximum absolute atomic E-state index is 11.5. The second-order valence-corrected chi connectivity index (χ2v) is 4.66. The molecule has 0 spiro atoms. The topological polar surface area (TPSA) is 52.6 Å². The average molecular weight is 244 g/mol. The second-order valence-electron chi connectivity index (χ2n) is 4.66. The van der Waals surface area contributed by atoms with Crippen molar-refractivity contribution in [1.82, 2.24) is 0 Å². The number of methoxy groups -OCH3 is 2. The van der Waals surface area contributed by atoms with Gasteiger partial charge in [0.15, 0.2) is 5.92 Å². The van der Waals surface area contributed by atoms with Gasteiger partial charge in [0.25, 0.3) is 0 Å². The lowest BCUT2D eigenvalue weighted by Gasteiger charge is -2.27. The quantitative estimate of drug-likeness (QED) is 0.510. The van der Waals surface area contributed by atoms with E-state index in [0.29, 0.717) is 6.42 Å². The van der Waals surface area contributed by atoms with Crippen LogP contribution in [-0.2, 0) is 19.1 Å². The maximum atomic E-state index is 11.5. The number of hydrogen-bond acceptors (Lipinski definition) is 4. The molecule has 0 heterocycles. The third kappa shape index (κ3) is 4.75. The van der Waals surface area contributed by atoms with E-state index in [9.17, 15) is 9.59 Å². The smallest absolute Gasteiger partial charge is 0.320 e. The Kier molecular flexibility index (Phi) is 6.85. The summed E-state index contributed by atoms with van der Waals surface area (Å²) in [5, 5.41) is 0. The Hall–Kier alpha value is -1.06.